The van der Waals surface area contributed by atoms with Gasteiger partial charge in [0, 0.05) is 19.0 Å². The quantitative estimate of drug-likeness (QED) is 0.616. The summed E-state index contributed by atoms with van der Waals surface area (Å²) in [6.07, 6.45) is 1.99. The molecule has 0 aliphatic carbocycles. The van der Waals surface area contributed by atoms with Crippen LogP contribution in [0.25, 0.3) is 6.08 Å². The average Bonchev–Trinajstić information content (AvgIpc) is 3.06. The van der Waals surface area contributed by atoms with Crippen molar-refractivity contribution in [2.75, 3.05) is 13.3 Å². The molecule has 0 bridgehead atoms. The van der Waals surface area contributed by atoms with Gasteiger partial charge < -0.3 is 14.6 Å². The molecule has 126 valence electrons. The van der Waals surface area contributed by atoms with Crippen molar-refractivity contribution in [2.45, 2.75) is 12.8 Å². The molecule has 2 heterocycles. The van der Waals surface area contributed by atoms with Gasteiger partial charge in [-0.25, -0.2) is 0 Å². The van der Waals surface area contributed by atoms with Crippen LogP contribution >= 0.6 is 35.6 Å². The first kappa shape index (κ1) is 17.1. The zero-order valence-electron chi connectivity index (χ0n) is 12.3. The van der Waals surface area contributed by atoms with Crippen LogP contribution in [0.15, 0.2) is 17.0 Å². The van der Waals surface area contributed by atoms with Crippen LogP contribution in [0.2, 0.25) is 5.02 Å². The second kappa shape index (κ2) is 7.00. The van der Waals surface area contributed by atoms with Crippen molar-refractivity contribution in [1.82, 2.24) is 4.90 Å². The summed E-state index contributed by atoms with van der Waals surface area (Å²) in [5.74, 6) is -0.00629. The van der Waals surface area contributed by atoms with E-state index < -0.39 is 5.97 Å². The molecule has 1 N–H and O–H groups in total. The SMILES string of the molecule is O=C(O)CCCN1C(=O)/C(=C/c2cc3c(cc2Cl)OCO3)SC1=S. The van der Waals surface area contributed by atoms with Gasteiger partial charge in [0.05, 0.1) is 9.93 Å². The molecule has 1 fully saturated rings. The van der Waals surface area contributed by atoms with Crippen molar-refractivity contribution in [3.63, 3.8) is 0 Å². The fourth-order valence-electron chi connectivity index (χ4n) is 2.27. The first-order valence-corrected chi connectivity index (χ1v) is 8.62. The molecule has 2 aliphatic rings. The number of amides is 1. The molecule has 0 saturated carbocycles. The van der Waals surface area contributed by atoms with Crippen LogP contribution in [-0.2, 0) is 9.59 Å². The Kier molecular flexibility index (Phi) is 4.98. The molecule has 0 aromatic heterocycles. The Labute approximate surface area is 152 Å². The molecule has 1 aromatic carbocycles. The van der Waals surface area contributed by atoms with Crippen molar-refractivity contribution in [1.29, 1.82) is 0 Å². The van der Waals surface area contributed by atoms with Crippen molar-refractivity contribution in [3.05, 3.63) is 27.6 Å². The maximum Gasteiger partial charge on any atom is 0.303 e. The third-order valence-corrected chi connectivity index (χ3v) is 5.13. The number of benzene rings is 1. The van der Waals surface area contributed by atoms with Crippen molar-refractivity contribution >= 4 is 57.9 Å². The third-order valence-electron chi connectivity index (χ3n) is 3.42. The van der Waals surface area contributed by atoms with E-state index in [1.807, 2.05) is 0 Å². The average molecular weight is 386 g/mol. The number of ether oxygens (including phenoxy) is 2. The lowest BCUT2D eigenvalue weighted by molar-refractivity contribution is -0.137. The number of nitrogens with zero attached hydrogens (tertiary/aromatic N) is 1. The molecule has 0 spiro atoms. The first-order chi connectivity index (χ1) is 11.5. The highest BCUT2D eigenvalue weighted by molar-refractivity contribution is 8.26. The van der Waals surface area contributed by atoms with Gasteiger partial charge in [-0.15, -0.1) is 0 Å². The van der Waals surface area contributed by atoms with E-state index in [0.29, 0.717) is 37.7 Å². The molecule has 3 rings (SSSR count). The van der Waals surface area contributed by atoms with Crippen molar-refractivity contribution in [2.24, 2.45) is 0 Å². The largest absolute Gasteiger partial charge is 0.481 e. The van der Waals surface area contributed by atoms with Crippen molar-refractivity contribution < 1.29 is 24.2 Å². The second-order valence-electron chi connectivity index (χ2n) is 5.06. The van der Waals surface area contributed by atoms with Gasteiger partial charge in [0.25, 0.3) is 5.91 Å². The minimum atomic E-state index is -0.900. The maximum atomic E-state index is 12.4. The Hall–Kier alpha value is -1.77. The van der Waals surface area contributed by atoms with Crippen LogP contribution in [0, 0.1) is 0 Å². The third kappa shape index (κ3) is 3.50. The van der Waals surface area contributed by atoms with Crippen LogP contribution < -0.4 is 9.47 Å². The standard InChI is InChI=1S/C15H12ClNO5S2/c16-9-6-11-10(21-7-22-11)4-8(9)5-12-14(20)17(15(23)24-12)3-1-2-13(18)19/h4-6H,1-3,7H2,(H,18,19)/b12-5-. The summed E-state index contributed by atoms with van der Waals surface area (Å²) in [6, 6.07) is 3.35. The highest BCUT2D eigenvalue weighted by Crippen LogP contribution is 2.39. The van der Waals surface area contributed by atoms with Gasteiger partial charge in [0.15, 0.2) is 11.5 Å². The molecule has 0 unspecified atom stereocenters. The number of carboxylic acids is 1. The normalized spacial score (nSPS) is 17.9. The van der Waals surface area contributed by atoms with Crippen LogP contribution in [0.5, 0.6) is 11.5 Å². The molecule has 9 heteroatoms. The number of rotatable bonds is 5. The number of fused-ring (bicyclic) bond motifs is 1. The van der Waals surface area contributed by atoms with Gasteiger partial charge in [-0.3, -0.25) is 14.5 Å². The Morgan fingerprint density at radius 1 is 1.42 bits per heavy atom. The molecule has 2 aliphatic heterocycles. The fraction of sp³-hybridized carbons (Fsp3) is 0.267. The Balaban J connectivity index is 1.78. The zero-order valence-corrected chi connectivity index (χ0v) is 14.7. The van der Waals surface area contributed by atoms with Crippen LogP contribution in [0.3, 0.4) is 0 Å². The Bertz CT molecular complexity index is 764. The van der Waals surface area contributed by atoms with E-state index in [9.17, 15) is 9.59 Å². The molecule has 0 atom stereocenters. The zero-order chi connectivity index (χ0) is 17.3. The topological polar surface area (TPSA) is 76.1 Å². The molecule has 1 aromatic rings. The summed E-state index contributed by atoms with van der Waals surface area (Å²) in [5, 5.41) is 9.12. The van der Waals surface area contributed by atoms with E-state index in [-0.39, 0.29) is 25.7 Å². The summed E-state index contributed by atoms with van der Waals surface area (Å²) in [6.45, 7) is 0.421. The second-order valence-corrected chi connectivity index (χ2v) is 7.14. The molecule has 24 heavy (non-hydrogen) atoms. The van der Waals surface area contributed by atoms with E-state index in [1.54, 1.807) is 18.2 Å². The van der Waals surface area contributed by atoms with E-state index in [1.165, 1.54) is 16.7 Å². The fourth-order valence-corrected chi connectivity index (χ4v) is 3.77. The van der Waals surface area contributed by atoms with Crippen molar-refractivity contribution in [3.8, 4) is 11.5 Å². The molecular formula is C15H12ClNO5S2. The van der Waals surface area contributed by atoms with Gasteiger partial charge in [0.1, 0.15) is 4.32 Å². The van der Waals surface area contributed by atoms with Crippen LogP contribution in [0.4, 0.5) is 0 Å². The smallest absolute Gasteiger partial charge is 0.303 e. The number of carboxylic acid groups (broad SMARTS) is 1. The Morgan fingerprint density at radius 2 is 2.12 bits per heavy atom. The predicted octanol–water partition coefficient (Wildman–Crippen LogP) is 3.13. The van der Waals surface area contributed by atoms with E-state index in [0.717, 1.165) is 0 Å². The summed E-state index contributed by atoms with van der Waals surface area (Å²) >= 11 is 12.6. The predicted molar refractivity (Wildman–Crippen MR) is 94.3 cm³/mol. The highest BCUT2D eigenvalue weighted by atomic mass is 35.5. The van der Waals surface area contributed by atoms with E-state index >= 15 is 0 Å². The number of carbonyl (C=O) groups excluding carboxylic acids is 1. The Morgan fingerprint density at radius 3 is 2.83 bits per heavy atom. The minimum absolute atomic E-state index is 0.00982. The maximum absolute atomic E-state index is 12.4. The van der Waals surface area contributed by atoms with Crippen LogP contribution in [0.1, 0.15) is 18.4 Å². The minimum Gasteiger partial charge on any atom is -0.481 e. The molecule has 6 nitrogen and oxygen atoms in total. The molecule has 0 radical (unpaired) electrons. The number of hydrogen-bond acceptors (Lipinski definition) is 6. The number of thiocarbonyl (C=S) groups is 1. The summed E-state index contributed by atoms with van der Waals surface area (Å²) in [5.41, 5.74) is 0.631. The van der Waals surface area contributed by atoms with Gasteiger partial charge in [-0.2, -0.15) is 0 Å². The van der Waals surface area contributed by atoms with Crippen LogP contribution in [-0.4, -0.2) is 39.5 Å². The van der Waals surface area contributed by atoms with Gasteiger partial charge >= 0.3 is 5.97 Å². The lowest BCUT2D eigenvalue weighted by atomic mass is 10.2. The highest BCUT2D eigenvalue weighted by Gasteiger charge is 2.32. The number of carbonyl (C=O) groups is 2. The van der Waals surface area contributed by atoms with E-state index in [4.69, 9.17) is 38.4 Å². The number of thioether (sulfide) groups is 1. The lowest BCUT2D eigenvalue weighted by Crippen LogP contribution is -2.29. The number of halogens is 1. The molecule has 1 amide bonds. The number of aliphatic carboxylic acids is 1. The molecule has 1 saturated heterocycles. The van der Waals surface area contributed by atoms with Gasteiger partial charge in [0.2, 0.25) is 6.79 Å². The van der Waals surface area contributed by atoms with Gasteiger partial charge in [-0.1, -0.05) is 35.6 Å². The number of hydrogen-bond donors (Lipinski definition) is 1. The summed E-state index contributed by atoms with van der Waals surface area (Å²) in [4.78, 5) is 24.9. The van der Waals surface area contributed by atoms with Gasteiger partial charge in [-0.05, 0) is 24.1 Å². The molecular weight excluding hydrogens is 374 g/mol. The lowest BCUT2D eigenvalue weighted by Gasteiger charge is -2.13. The summed E-state index contributed by atoms with van der Waals surface area (Å²) < 4.78 is 11.0. The van der Waals surface area contributed by atoms with E-state index in [2.05, 4.69) is 0 Å². The monoisotopic (exact) mass is 385 g/mol. The first-order valence-electron chi connectivity index (χ1n) is 7.02. The summed E-state index contributed by atoms with van der Waals surface area (Å²) in [7, 11) is 0.